The molecule has 6 heteroatoms. The Morgan fingerprint density at radius 2 is 1.50 bits per heavy atom. The normalized spacial score (nSPS) is 9.86. The maximum atomic E-state index is 11.1. The molecule has 120 valence electrons. The Balaban J connectivity index is -0.000000301. The van der Waals surface area contributed by atoms with Gasteiger partial charge in [-0.1, -0.05) is 51.9 Å². The fourth-order valence-electron chi connectivity index (χ4n) is 1.86. The van der Waals surface area contributed by atoms with Gasteiger partial charge < -0.3 is 12.7 Å². The van der Waals surface area contributed by atoms with Crippen LogP contribution in [0.25, 0.3) is 0 Å². The van der Waals surface area contributed by atoms with E-state index in [9.17, 15) is 9.59 Å². The Labute approximate surface area is 223 Å². The number of carbonyl (C=O) groups excluding carboxylic acids is 1. The van der Waals surface area contributed by atoms with Crippen molar-refractivity contribution in [3.8, 4) is 0 Å². The quantitative estimate of drug-likeness (QED) is 0.190. The van der Waals surface area contributed by atoms with Gasteiger partial charge >= 0.3 is 115 Å². The monoisotopic (exact) mass is 364 g/mol. The third kappa shape index (κ3) is 24.2. The molecule has 4 nitrogen and oxygen atoms in total. The van der Waals surface area contributed by atoms with E-state index in [0.29, 0.717) is 0 Å². The molecule has 0 rings (SSSR count). The number of ether oxygens (including phenoxy) is 1. The molecule has 0 aliphatic rings. The first-order valence-corrected chi connectivity index (χ1v) is 7.73. The predicted octanol–water partition coefficient (Wildman–Crippen LogP) is -1.33. The van der Waals surface area contributed by atoms with Gasteiger partial charge in [-0.15, -0.1) is 0 Å². The van der Waals surface area contributed by atoms with E-state index in [-0.39, 0.29) is 118 Å². The Hall–Kier alpha value is 1.95. The van der Waals surface area contributed by atoms with E-state index >= 15 is 0 Å². The average Bonchev–Trinajstić information content (AvgIpc) is 2.42. The Kier molecular flexibility index (Phi) is 30.0. The van der Waals surface area contributed by atoms with Gasteiger partial charge in [-0.25, -0.2) is 0 Å². The first kappa shape index (κ1) is 28.7. The van der Waals surface area contributed by atoms with E-state index < -0.39 is 11.9 Å². The fraction of sp³-hybridized carbons (Fsp3) is 0.750. The van der Waals surface area contributed by atoms with Crippen LogP contribution in [0.4, 0.5) is 0 Å². The number of hydrogen-bond donors (Lipinski definition) is 1. The topological polar surface area (TPSA) is 63.6 Å². The molecule has 0 aromatic carbocycles. The maximum Gasteiger partial charge on any atom is 1.00 e. The standard InChI is InChI=1S/C16H28O4.2K.2H/c1-2-3-4-5-6-7-8-9-10-11-14-20-16(19)13-12-15(17)18;;;;/h11,14H,2-10,12-13H2,1H3,(H,17,18);;;;/q;2*+1;2*-1/b14-11+;;;;. The van der Waals surface area contributed by atoms with Crippen LogP contribution in [0.1, 0.15) is 80.4 Å². The van der Waals surface area contributed by atoms with Crippen LogP contribution in [0.5, 0.6) is 0 Å². The molecule has 0 amide bonds. The first-order chi connectivity index (χ1) is 9.66. The summed E-state index contributed by atoms with van der Waals surface area (Å²) in [5.41, 5.74) is 0. The SMILES string of the molecule is CCCCCCCCCC/C=C/OC(=O)CCC(=O)O.[H-].[H-].[K+].[K+]. The largest absolute Gasteiger partial charge is 1.00 e. The molecule has 0 aromatic heterocycles. The number of hydrogen-bond acceptors (Lipinski definition) is 3. The van der Waals surface area contributed by atoms with Gasteiger partial charge in [0.05, 0.1) is 19.1 Å². The third-order valence-electron chi connectivity index (χ3n) is 3.06. The number of carboxylic acid groups (broad SMARTS) is 1. The van der Waals surface area contributed by atoms with Crippen LogP contribution < -0.4 is 103 Å². The number of rotatable bonds is 13. The second-order valence-electron chi connectivity index (χ2n) is 5.02. The van der Waals surface area contributed by atoms with Gasteiger partial charge in [-0.05, 0) is 18.9 Å². The van der Waals surface area contributed by atoms with E-state index in [1.165, 1.54) is 51.2 Å². The molecule has 0 atom stereocenters. The van der Waals surface area contributed by atoms with Gasteiger partial charge in [0, 0.05) is 0 Å². The zero-order chi connectivity index (χ0) is 15.1. The minimum Gasteiger partial charge on any atom is -1.00 e. The fourth-order valence-corrected chi connectivity index (χ4v) is 1.86. The van der Waals surface area contributed by atoms with Gasteiger partial charge in [-0.2, -0.15) is 0 Å². The zero-order valence-electron chi connectivity index (χ0n) is 16.6. The van der Waals surface area contributed by atoms with E-state index in [1.54, 1.807) is 0 Å². The second-order valence-corrected chi connectivity index (χ2v) is 5.02. The third-order valence-corrected chi connectivity index (χ3v) is 3.06. The Morgan fingerprint density at radius 1 is 0.955 bits per heavy atom. The molecule has 0 spiro atoms. The molecule has 0 bridgehead atoms. The van der Waals surface area contributed by atoms with Crippen molar-refractivity contribution in [1.82, 2.24) is 0 Å². The van der Waals surface area contributed by atoms with Crippen molar-refractivity contribution in [3.63, 3.8) is 0 Å². The average molecular weight is 365 g/mol. The van der Waals surface area contributed by atoms with Crippen LogP contribution in [0.15, 0.2) is 12.3 Å². The van der Waals surface area contributed by atoms with Crippen molar-refractivity contribution in [2.45, 2.75) is 77.6 Å². The maximum absolute atomic E-state index is 11.1. The van der Waals surface area contributed by atoms with Crippen LogP contribution in [0.2, 0.25) is 0 Å². The Bertz CT molecular complexity index is 304. The summed E-state index contributed by atoms with van der Waals surface area (Å²) in [4.78, 5) is 21.3. The Morgan fingerprint density at radius 3 is 2.05 bits per heavy atom. The number of carboxylic acids is 1. The molecule has 0 saturated heterocycles. The van der Waals surface area contributed by atoms with Crippen LogP contribution in [-0.2, 0) is 14.3 Å². The molecule has 0 saturated carbocycles. The van der Waals surface area contributed by atoms with Gasteiger partial charge in [0.25, 0.3) is 0 Å². The summed E-state index contributed by atoms with van der Waals surface area (Å²) in [6, 6.07) is 0. The molecule has 0 aliphatic heterocycles. The van der Waals surface area contributed by atoms with E-state index in [2.05, 4.69) is 6.92 Å². The summed E-state index contributed by atoms with van der Waals surface area (Å²) in [5.74, 6) is -1.47. The minimum atomic E-state index is -0.982. The summed E-state index contributed by atoms with van der Waals surface area (Å²) in [6.45, 7) is 2.22. The summed E-state index contributed by atoms with van der Waals surface area (Å²) in [5, 5.41) is 8.40. The summed E-state index contributed by atoms with van der Waals surface area (Å²) < 4.78 is 4.78. The zero-order valence-corrected chi connectivity index (χ0v) is 20.9. The molecule has 0 fully saturated rings. The number of unbranched alkanes of at least 4 members (excludes halogenated alkanes) is 8. The van der Waals surface area contributed by atoms with Crippen molar-refractivity contribution in [2.75, 3.05) is 0 Å². The smallest absolute Gasteiger partial charge is 1.00 e. The van der Waals surface area contributed by atoms with Crippen LogP contribution in [0, 0.1) is 0 Å². The van der Waals surface area contributed by atoms with Crippen molar-refractivity contribution in [3.05, 3.63) is 12.3 Å². The van der Waals surface area contributed by atoms with Gasteiger partial charge in [0.15, 0.2) is 0 Å². The number of allylic oxidation sites excluding steroid dienone is 1. The van der Waals surface area contributed by atoms with E-state index in [0.717, 1.165) is 12.8 Å². The number of aliphatic carboxylic acids is 1. The van der Waals surface area contributed by atoms with E-state index in [4.69, 9.17) is 9.84 Å². The summed E-state index contributed by atoms with van der Waals surface area (Å²) in [7, 11) is 0. The van der Waals surface area contributed by atoms with Crippen LogP contribution >= 0.6 is 0 Å². The molecule has 0 heterocycles. The van der Waals surface area contributed by atoms with Crippen molar-refractivity contribution in [1.29, 1.82) is 0 Å². The number of carbonyl (C=O) groups is 2. The molecule has 1 N–H and O–H groups in total. The molecule has 0 aromatic rings. The van der Waals surface area contributed by atoms with Gasteiger partial charge in [0.2, 0.25) is 0 Å². The second kappa shape index (κ2) is 23.0. The summed E-state index contributed by atoms with van der Waals surface area (Å²) >= 11 is 0. The molecular weight excluding hydrogens is 334 g/mol. The van der Waals surface area contributed by atoms with Gasteiger partial charge in [0.1, 0.15) is 0 Å². The van der Waals surface area contributed by atoms with Crippen molar-refractivity contribution >= 4 is 11.9 Å². The van der Waals surface area contributed by atoms with E-state index in [1.807, 2.05) is 6.08 Å². The van der Waals surface area contributed by atoms with Crippen LogP contribution in [-0.4, -0.2) is 17.0 Å². The van der Waals surface area contributed by atoms with Crippen molar-refractivity contribution in [2.24, 2.45) is 0 Å². The molecular formula is C16H30K2O4. The van der Waals surface area contributed by atoms with Gasteiger partial charge in [-0.3, -0.25) is 9.59 Å². The molecule has 0 unspecified atom stereocenters. The minimum absolute atomic E-state index is 0. The molecule has 0 radical (unpaired) electrons. The first-order valence-electron chi connectivity index (χ1n) is 7.73. The predicted molar refractivity (Wildman–Crippen MR) is 81.6 cm³/mol. The van der Waals surface area contributed by atoms with Crippen LogP contribution in [0.3, 0.4) is 0 Å². The molecule has 22 heavy (non-hydrogen) atoms. The summed E-state index contributed by atoms with van der Waals surface area (Å²) in [6.07, 6.45) is 14.1. The molecule has 0 aliphatic carbocycles. The van der Waals surface area contributed by atoms with Crippen molar-refractivity contribution < 1.29 is 125 Å². The number of esters is 1.